The number of carboxylic acids is 2. The quantitative estimate of drug-likeness (QED) is 0.175. The molecule has 0 aliphatic carbocycles. The van der Waals surface area contributed by atoms with Crippen LogP contribution in [0.15, 0.2) is 0 Å². The largest absolute Gasteiger partial charge is 0.479 e. The Bertz CT molecular complexity index is 392. The third-order valence-corrected chi connectivity index (χ3v) is 2.16. The highest BCUT2D eigenvalue weighted by atomic mass is 16.6. The van der Waals surface area contributed by atoms with Crippen LogP contribution in [0, 0.1) is 0 Å². The number of carbonyl (C=O) groups excluding carboxylic acids is 2. The first-order chi connectivity index (χ1) is 10.1. The second-order valence-corrected chi connectivity index (χ2v) is 3.79. The van der Waals surface area contributed by atoms with Crippen molar-refractivity contribution < 1.29 is 59.3 Å². The molecular formula is C10H14O12. The molecule has 0 amide bonds. The van der Waals surface area contributed by atoms with Crippen LogP contribution in [-0.4, -0.2) is 92.1 Å². The van der Waals surface area contributed by atoms with E-state index in [1.807, 2.05) is 0 Å². The van der Waals surface area contributed by atoms with Gasteiger partial charge in [0.05, 0.1) is 0 Å². The molecule has 0 saturated heterocycles. The minimum Gasteiger partial charge on any atom is -0.479 e. The fourth-order valence-corrected chi connectivity index (χ4v) is 0.983. The molecule has 0 rings (SSSR count). The van der Waals surface area contributed by atoms with Crippen molar-refractivity contribution in [2.75, 3.05) is 13.2 Å². The Morgan fingerprint density at radius 3 is 1.14 bits per heavy atom. The predicted octanol–water partition coefficient (Wildman–Crippen LogP) is -4.31. The molecule has 6 N–H and O–H groups in total. The van der Waals surface area contributed by atoms with Gasteiger partial charge in [0.1, 0.15) is 13.2 Å². The van der Waals surface area contributed by atoms with Crippen molar-refractivity contribution in [3.05, 3.63) is 0 Å². The van der Waals surface area contributed by atoms with E-state index < -0.39 is 61.5 Å². The molecule has 12 heteroatoms. The van der Waals surface area contributed by atoms with Crippen LogP contribution >= 0.6 is 0 Å². The molecule has 0 fully saturated rings. The van der Waals surface area contributed by atoms with Crippen molar-refractivity contribution in [1.29, 1.82) is 0 Å². The number of aliphatic hydroxyl groups is 4. The molecule has 0 aliphatic heterocycles. The maximum Gasteiger partial charge on any atom is 0.338 e. The maximum atomic E-state index is 11.1. The molecule has 0 heterocycles. The van der Waals surface area contributed by atoms with Gasteiger partial charge in [0.15, 0.2) is 24.4 Å². The van der Waals surface area contributed by atoms with Gasteiger partial charge in [-0.2, -0.15) is 0 Å². The molecule has 0 bridgehead atoms. The van der Waals surface area contributed by atoms with E-state index in [1.54, 1.807) is 0 Å². The Labute approximate surface area is 122 Å². The Morgan fingerprint density at radius 2 is 0.909 bits per heavy atom. The van der Waals surface area contributed by atoms with Gasteiger partial charge in [-0.1, -0.05) is 0 Å². The predicted molar refractivity (Wildman–Crippen MR) is 61.2 cm³/mol. The van der Waals surface area contributed by atoms with Gasteiger partial charge in [-0.15, -0.1) is 0 Å². The van der Waals surface area contributed by atoms with E-state index in [1.165, 1.54) is 0 Å². The Balaban J connectivity index is 4.12. The monoisotopic (exact) mass is 326 g/mol. The van der Waals surface area contributed by atoms with Crippen LogP contribution in [0.25, 0.3) is 0 Å². The molecule has 0 spiro atoms. The summed E-state index contributed by atoms with van der Waals surface area (Å²) in [6, 6.07) is 0. The molecule has 4 atom stereocenters. The Hall–Kier alpha value is -2.28. The molecule has 126 valence electrons. The minimum atomic E-state index is -2.40. The summed E-state index contributed by atoms with van der Waals surface area (Å²) < 4.78 is 8.53. The lowest BCUT2D eigenvalue weighted by atomic mass is 10.2. The Morgan fingerprint density at radius 1 is 0.636 bits per heavy atom. The minimum absolute atomic E-state index is 0.677. The normalized spacial score (nSPS) is 16.0. The summed E-state index contributed by atoms with van der Waals surface area (Å²) in [5.74, 6) is -6.72. The molecular weight excluding hydrogens is 312 g/mol. The van der Waals surface area contributed by atoms with Crippen molar-refractivity contribution in [2.45, 2.75) is 24.4 Å². The van der Waals surface area contributed by atoms with Crippen molar-refractivity contribution in [2.24, 2.45) is 0 Å². The van der Waals surface area contributed by atoms with Crippen LogP contribution in [-0.2, 0) is 28.7 Å². The van der Waals surface area contributed by atoms with Gasteiger partial charge in [0, 0.05) is 0 Å². The smallest absolute Gasteiger partial charge is 0.338 e. The summed E-state index contributed by atoms with van der Waals surface area (Å²) in [7, 11) is 0. The highest BCUT2D eigenvalue weighted by molar-refractivity contribution is 5.85. The topological polar surface area (TPSA) is 208 Å². The second-order valence-electron chi connectivity index (χ2n) is 3.79. The van der Waals surface area contributed by atoms with Crippen molar-refractivity contribution in [1.82, 2.24) is 0 Å². The van der Waals surface area contributed by atoms with E-state index in [0.29, 0.717) is 0 Å². The highest BCUT2D eigenvalue weighted by Crippen LogP contribution is 1.99. The van der Waals surface area contributed by atoms with Gasteiger partial charge in [-0.05, 0) is 0 Å². The zero-order valence-corrected chi connectivity index (χ0v) is 10.9. The summed E-state index contributed by atoms with van der Waals surface area (Å²) in [4.78, 5) is 42.7. The number of hydrogen-bond acceptors (Lipinski definition) is 10. The number of carboxylic acid groups (broad SMARTS) is 2. The average Bonchev–Trinajstić information content (AvgIpc) is 2.47. The fraction of sp³-hybridized carbons (Fsp3) is 0.600. The number of ether oxygens (including phenoxy) is 2. The number of carbonyl (C=O) groups is 4. The van der Waals surface area contributed by atoms with E-state index in [9.17, 15) is 19.2 Å². The first-order valence-electron chi connectivity index (χ1n) is 5.60. The number of aliphatic hydroxyl groups excluding tert-OH is 4. The van der Waals surface area contributed by atoms with Gasteiger partial charge in [-0.3, -0.25) is 0 Å². The van der Waals surface area contributed by atoms with Crippen molar-refractivity contribution >= 4 is 23.9 Å². The SMILES string of the molecule is O=C(O)C(O)C(O)C(=O)OCCOC(=O)C(O)C(O)C(=O)O. The average molecular weight is 326 g/mol. The summed E-state index contributed by atoms with van der Waals surface area (Å²) in [5.41, 5.74) is 0. The van der Waals surface area contributed by atoms with E-state index in [-0.39, 0.29) is 0 Å². The van der Waals surface area contributed by atoms with Crippen LogP contribution in [0.1, 0.15) is 0 Å². The lowest BCUT2D eigenvalue weighted by Gasteiger charge is -2.15. The second kappa shape index (κ2) is 8.89. The number of hydrogen-bond donors (Lipinski definition) is 6. The molecule has 4 unspecified atom stereocenters. The van der Waals surface area contributed by atoms with E-state index >= 15 is 0 Å². The highest BCUT2D eigenvalue weighted by Gasteiger charge is 2.32. The Kier molecular flexibility index (Phi) is 7.96. The van der Waals surface area contributed by atoms with E-state index in [4.69, 9.17) is 30.6 Å². The maximum absolute atomic E-state index is 11.1. The molecule has 22 heavy (non-hydrogen) atoms. The van der Waals surface area contributed by atoms with Gasteiger partial charge in [0.25, 0.3) is 0 Å². The summed E-state index contributed by atoms with van der Waals surface area (Å²) >= 11 is 0. The number of esters is 2. The fourth-order valence-electron chi connectivity index (χ4n) is 0.983. The van der Waals surface area contributed by atoms with Gasteiger partial charge in [0.2, 0.25) is 0 Å². The molecule has 0 aromatic carbocycles. The third-order valence-electron chi connectivity index (χ3n) is 2.16. The first-order valence-corrected chi connectivity index (χ1v) is 5.60. The lowest BCUT2D eigenvalue weighted by Crippen LogP contribution is -2.42. The van der Waals surface area contributed by atoms with Gasteiger partial charge >= 0.3 is 23.9 Å². The van der Waals surface area contributed by atoms with Crippen LogP contribution in [0.4, 0.5) is 0 Å². The summed E-state index contributed by atoms with van der Waals surface area (Å²) in [6.07, 6.45) is -9.51. The van der Waals surface area contributed by atoms with Crippen LogP contribution in [0.3, 0.4) is 0 Å². The molecule has 12 nitrogen and oxygen atoms in total. The zero-order chi connectivity index (χ0) is 17.4. The van der Waals surface area contributed by atoms with Crippen LogP contribution in [0.2, 0.25) is 0 Å². The molecule has 0 radical (unpaired) electrons. The van der Waals surface area contributed by atoms with Gasteiger partial charge in [-0.25, -0.2) is 19.2 Å². The third kappa shape index (κ3) is 6.01. The van der Waals surface area contributed by atoms with Crippen molar-refractivity contribution in [3.8, 4) is 0 Å². The molecule has 0 aromatic rings. The van der Waals surface area contributed by atoms with Crippen molar-refractivity contribution in [3.63, 3.8) is 0 Å². The molecule has 0 aliphatic rings. The summed E-state index contributed by atoms with van der Waals surface area (Å²) in [5, 5.41) is 52.4. The lowest BCUT2D eigenvalue weighted by molar-refractivity contribution is -0.175. The van der Waals surface area contributed by atoms with Gasteiger partial charge < -0.3 is 40.1 Å². The number of rotatable bonds is 9. The summed E-state index contributed by atoms with van der Waals surface area (Å²) in [6.45, 7) is -1.35. The zero-order valence-electron chi connectivity index (χ0n) is 10.9. The first kappa shape index (κ1) is 19.7. The molecule has 0 aromatic heterocycles. The van der Waals surface area contributed by atoms with E-state index in [0.717, 1.165) is 0 Å². The van der Waals surface area contributed by atoms with Crippen LogP contribution in [0.5, 0.6) is 0 Å². The van der Waals surface area contributed by atoms with Crippen LogP contribution < -0.4 is 0 Å². The van der Waals surface area contributed by atoms with E-state index in [2.05, 4.69) is 9.47 Å². The standard InChI is InChI=1S/C10H14O12/c11-3(7(15)16)5(13)9(19)21-1-2-22-10(20)6(14)4(12)8(17)18/h3-6,11-14H,1-2H2,(H,15,16)(H,17,18). The number of aliphatic carboxylic acids is 2. The molecule has 0 saturated carbocycles.